The van der Waals surface area contributed by atoms with Crippen LogP contribution in [-0.4, -0.2) is 46.1 Å². The molecule has 11 nitrogen and oxygen atoms in total. The van der Waals surface area contributed by atoms with E-state index < -0.39 is 5.60 Å². The van der Waals surface area contributed by atoms with Gasteiger partial charge in [0.1, 0.15) is 11.2 Å². The number of para-hydroxylation sites is 1. The third kappa shape index (κ3) is 25.1. The lowest BCUT2D eigenvalue weighted by Gasteiger charge is -2.29. The lowest BCUT2D eigenvalue weighted by atomic mass is 9.84. The summed E-state index contributed by atoms with van der Waals surface area (Å²) in [4.78, 5) is 91.7. The van der Waals surface area contributed by atoms with Gasteiger partial charge in [-0.15, -0.1) is 0 Å². The minimum Gasteiger partial charge on any atom is -0.484 e. The molecule has 1 atom stereocenters. The summed E-state index contributed by atoms with van der Waals surface area (Å²) in [5.74, 6) is 0.718. The first-order chi connectivity index (χ1) is 40.1. The molecule has 11 heteroatoms. The second kappa shape index (κ2) is 34.6. The van der Waals surface area contributed by atoms with E-state index >= 15 is 0 Å². The summed E-state index contributed by atoms with van der Waals surface area (Å²) in [6.07, 6.45) is 10.8. The Balaban J connectivity index is 0.000000260. The van der Waals surface area contributed by atoms with Gasteiger partial charge in [0.25, 0.3) is 0 Å². The minimum atomic E-state index is -0.535. The van der Waals surface area contributed by atoms with Crippen molar-refractivity contribution in [1.82, 2.24) is 0 Å². The molecule has 6 aromatic carbocycles. The topological polar surface area (TPSA) is 163 Å². The highest BCUT2D eigenvalue weighted by molar-refractivity contribution is 6.02. The van der Waals surface area contributed by atoms with Crippen LogP contribution in [0.5, 0.6) is 0 Å². The zero-order valence-electron chi connectivity index (χ0n) is 50.8. The van der Waals surface area contributed by atoms with Gasteiger partial charge in [-0.1, -0.05) is 176 Å². The molecular formula is C74H77NO10. The summed E-state index contributed by atoms with van der Waals surface area (Å²) < 4.78 is 10.6. The predicted octanol–water partition coefficient (Wildman–Crippen LogP) is 17.8. The number of carbonyl (C=O) groups is 7. The Morgan fingerprint density at radius 2 is 1.14 bits per heavy atom. The van der Waals surface area contributed by atoms with Gasteiger partial charge < -0.3 is 9.15 Å². The van der Waals surface area contributed by atoms with E-state index in [1.54, 1.807) is 88.4 Å². The van der Waals surface area contributed by atoms with Crippen molar-refractivity contribution < 1.29 is 42.7 Å². The van der Waals surface area contributed by atoms with E-state index in [1.165, 1.54) is 56.4 Å². The number of hydrogen-bond donors (Lipinski definition) is 0. The number of nitrogens with zero attached hydrogens (tertiary/aromatic N) is 1. The zero-order valence-corrected chi connectivity index (χ0v) is 50.8. The normalized spacial score (nSPS) is 13.3. The van der Waals surface area contributed by atoms with Gasteiger partial charge in [0, 0.05) is 49.1 Å². The molecule has 2 aliphatic rings. The van der Waals surface area contributed by atoms with Crippen molar-refractivity contribution >= 4 is 79.6 Å². The average Bonchev–Trinajstić information content (AvgIpc) is 3.53. The van der Waals surface area contributed by atoms with Crippen LogP contribution in [0, 0.1) is 12.5 Å². The number of allylic oxidation sites excluding steroid dienone is 8. The van der Waals surface area contributed by atoms with Gasteiger partial charge in [-0.05, 0) is 139 Å². The van der Waals surface area contributed by atoms with Crippen LogP contribution in [0.1, 0.15) is 155 Å². The van der Waals surface area contributed by atoms with E-state index in [-0.39, 0.29) is 57.4 Å². The Hall–Kier alpha value is -9.79. The van der Waals surface area contributed by atoms with Gasteiger partial charge in [0.2, 0.25) is 0 Å². The Morgan fingerprint density at radius 3 is 1.64 bits per heavy atom. The molecule has 0 fully saturated rings. The quantitative estimate of drug-likeness (QED) is 0.0557. The first-order valence-corrected chi connectivity index (χ1v) is 27.6. The molecule has 0 radical (unpaired) electrons. The molecule has 85 heavy (non-hydrogen) atoms. The first kappa shape index (κ1) is 69.5. The van der Waals surface area contributed by atoms with Crippen LogP contribution in [0.2, 0.25) is 0 Å². The van der Waals surface area contributed by atoms with Gasteiger partial charge in [-0.25, -0.2) is 4.85 Å². The van der Waals surface area contributed by atoms with Crippen LogP contribution in [0.25, 0.3) is 38.2 Å². The van der Waals surface area contributed by atoms with Gasteiger partial charge in [-0.3, -0.25) is 38.4 Å². The molecule has 7 aromatic rings. The van der Waals surface area contributed by atoms with Crippen molar-refractivity contribution in [3.8, 4) is 0 Å². The van der Waals surface area contributed by atoms with Crippen LogP contribution >= 0.6 is 0 Å². The van der Waals surface area contributed by atoms with Crippen LogP contribution in [0.4, 0.5) is 5.69 Å². The molecule has 0 unspecified atom stereocenters. The van der Waals surface area contributed by atoms with Crippen molar-refractivity contribution in [3.05, 3.63) is 267 Å². The average molecular weight is 1140 g/mol. The number of fused-ring (bicyclic) bond motifs is 2. The number of carbonyl (C=O) groups excluding carboxylic acids is 7. The third-order valence-corrected chi connectivity index (χ3v) is 12.8. The van der Waals surface area contributed by atoms with Crippen LogP contribution in [0.3, 0.4) is 0 Å². The predicted molar refractivity (Wildman–Crippen MR) is 345 cm³/mol. The molecule has 1 aromatic heterocycles. The number of ether oxygens (including phenoxy) is 1. The van der Waals surface area contributed by atoms with Crippen LogP contribution < -0.4 is 5.43 Å². The Kier molecular flexibility index (Phi) is 28.3. The van der Waals surface area contributed by atoms with E-state index in [0.717, 1.165) is 52.5 Å². The van der Waals surface area contributed by atoms with E-state index in [0.29, 0.717) is 40.1 Å². The fourth-order valence-corrected chi connectivity index (χ4v) is 8.02. The van der Waals surface area contributed by atoms with Gasteiger partial charge in [0.15, 0.2) is 63.1 Å². The summed E-state index contributed by atoms with van der Waals surface area (Å²) in [5.41, 5.74) is 9.03. The SMILES string of the molecule is C=C(C)/C=C/c1ccccc1.C=C(C)[C@@H]1CC=C(C(C)=O)CC1.CC(=O)C1=CC(=O)CC(C)(C)O1.CC(=O)c1cc(=O)c2ccccc2o1.CC(=O)c1ccc2ccccc2c1.CC(=O)c1cccc(C(C)=O)c1.[C-]#[N+]c1ccc(C(=C)C)cc1. The van der Waals surface area contributed by atoms with Crippen molar-refractivity contribution in [2.75, 3.05) is 0 Å². The summed E-state index contributed by atoms with van der Waals surface area (Å²) in [5, 5.41) is 2.79. The van der Waals surface area contributed by atoms with Gasteiger partial charge in [-0.2, -0.15) is 0 Å². The zero-order chi connectivity index (χ0) is 63.4. The van der Waals surface area contributed by atoms with E-state index in [9.17, 15) is 38.4 Å². The van der Waals surface area contributed by atoms with Crippen molar-refractivity contribution in [3.63, 3.8) is 0 Å². The fraction of sp³-hybridized carbons (Fsp3) is 0.230. The van der Waals surface area contributed by atoms with Crippen molar-refractivity contribution in [2.24, 2.45) is 5.92 Å². The van der Waals surface area contributed by atoms with Crippen LogP contribution in [-0.2, 0) is 19.1 Å². The molecular weight excluding hydrogens is 1060 g/mol. The smallest absolute Gasteiger partial charge is 0.195 e. The Labute approximate surface area is 500 Å². The maximum atomic E-state index is 11.5. The van der Waals surface area contributed by atoms with Crippen LogP contribution in [0.15, 0.2) is 221 Å². The lowest BCUT2D eigenvalue weighted by molar-refractivity contribution is -0.128. The molecule has 9 rings (SSSR count). The molecule has 0 saturated heterocycles. The minimum absolute atomic E-state index is 0.0156. The number of benzene rings is 6. The summed E-state index contributed by atoms with van der Waals surface area (Å²) >= 11 is 0. The molecule has 0 amide bonds. The summed E-state index contributed by atoms with van der Waals surface area (Å²) in [7, 11) is 0. The second-order valence-corrected chi connectivity index (χ2v) is 21.0. The molecule has 0 bridgehead atoms. The molecule has 438 valence electrons. The maximum absolute atomic E-state index is 11.5. The van der Waals surface area contributed by atoms with E-state index in [1.807, 2.05) is 92.7 Å². The monoisotopic (exact) mass is 1140 g/mol. The third-order valence-electron chi connectivity index (χ3n) is 12.8. The molecule has 2 heterocycles. The van der Waals surface area contributed by atoms with E-state index in [2.05, 4.69) is 55.8 Å². The number of rotatable bonds is 10. The largest absolute Gasteiger partial charge is 0.484 e. The highest BCUT2D eigenvalue weighted by atomic mass is 16.5. The number of hydrogen-bond acceptors (Lipinski definition) is 10. The molecule has 0 spiro atoms. The van der Waals surface area contributed by atoms with E-state index in [4.69, 9.17) is 15.7 Å². The molecule has 1 aliphatic heterocycles. The van der Waals surface area contributed by atoms with Crippen molar-refractivity contribution in [2.45, 2.75) is 107 Å². The first-order valence-electron chi connectivity index (χ1n) is 27.6. The fourth-order valence-electron chi connectivity index (χ4n) is 8.02. The number of Topliss-reactive ketones (excluding diaryl/α,β-unsaturated/α-hetero) is 6. The summed E-state index contributed by atoms with van der Waals surface area (Å²) in [6, 6.07) is 46.3. The highest BCUT2D eigenvalue weighted by Crippen LogP contribution is 2.29. The lowest BCUT2D eigenvalue weighted by Crippen LogP contribution is -2.32. The summed E-state index contributed by atoms with van der Waals surface area (Å²) in [6.45, 7) is 36.8. The van der Waals surface area contributed by atoms with Gasteiger partial charge >= 0.3 is 0 Å². The molecule has 0 N–H and O–H groups in total. The van der Waals surface area contributed by atoms with Crippen molar-refractivity contribution in [1.29, 1.82) is 0 Å². The molecule has 0 saturated carbocycles. The Morgan fingerprint density at radius 1 is 0.588 bits per heavy atom. The molecule has 1 aliphatic carbocycles. The Bertz CT molecular complexity index is 3740. The second-order valence-electron chi connectivity index (χ2n) is 21.0. The number of ketones is 7. The standard InChI is InChI=1S/C12H10O.C11H8O3.C11H16O.C11H12.C10H9N.C10H10O2.C9H12O3/c1-9(13)11-7-6-10-4-2-3-5-12(10)8-11;1-7(12)11-6-9(13)8-4-2-3-5-10(8)14-11;1-8(2)10-4-6-11(7-5-10)9(3)12;1-10(2)8-9-11-6-4-3-5-7-11;1-8(2)9-4-6-10(11-3)7-5-9;1-7(11)9-4-3-5-10(6-9)8(2)12;1-6(10)8-4-7(11)5-9(2,3)12-8/h2-8H,1H3;2-6H,1H3;6,10H,1,4-5,7H2,2-3H3;3-9H,1H2,2H3;4-7H,1H2,2H3;3-6H,1-2H3;4H,5H2,1-3H3/b;;;9-8+;;;/t;;10-;;;;/m..1..../s1. The highest BCUT2D eigenvalue weighted by Gasteiger charge is 2.30. The maximum Gasteiger partial charge on any atom is 0.195 e. The van der Waals surface area contributed by atoms with Gasteiger partial charge in [0.05, 0.1) is 12.0 Å².